The minimum absolute atomic E-state index is 0.101. The number of rotatable bonds is 5. The molecule has 1 aromatic rings. The Kier molecular flexibility index (Phi) is 5.17. The second kappa shape index (κ2) is 6.64. The molecule has 0 heterocycles. The Balaban J connectivity index is 2.58. The molecule has 5 nitrogen and oxygen atoms in total. The number of hydrogen-bond donors (Lipinski definition) is 3. The zero-order chi connectivity index (χ0) is 13.5. The molecule has 5 heteroatoms. The van der Waals surface area contributed by atoms with Crippen molar-refractivity contribution in [1.29, 1.82) is 0 Å². The van der Waals surface area contributed by atoms with E-state index in [4.69, 9.17) is 0 Å². The summed E-state index contributed by atoms with van der Waals surface area (Å²) in [5.41, 5.74) is 2.49. The van der Waals surface area contributed by atoms with Crippen LogP contribution < -0.4 is 16.0 Å². The molecule has 0 bridgehead atoms. The maximum Gasteiger partial charge on any atom is 0.253 e. The molecule has 0 saturated heterocycles. The van der Waals surface area contributed by atoms with Gasteiger partial charge in [-0.1, -0.05) is 6.07 Å². The van der Waals surface area contributed by atoms with Crippen molar-refractivity contribution in [2.75, 3.05) is 25.5 Å². The molecule has 0 fully saturated rings. The summed E-state index contributed by atoms with van der Waals surface area (Å²) < 4.78 is 0. The average molecular weight is 249 g/mol. The van der Waals surface area contributed by atoms with Crippen molar-refractivity contribution in [2.45, 2.75) is 13.8 Å². The van der Waals surface area contributed by atoms with Gasteiger partial charge in [-0.05, 0) is 24.6 Å². The fraction of sp³-hybridized carbons (Fsp3) is 0.385. The van der Waals surface area contributed by atoms with Crippen LogP contribution in [-0.2, 0) is 4.79 Å². The molecule has 18 heavy (non-hydrogen) atoms. The van der Waals surface area contributed by atoms with Gasteiger partial charge >= 0.3 is 0 Å². The Labute approximate surface area is 107 Å². The Hall–Kier alpha value is -2.04. The molecule has 0 radical (unpaired) electrons. The highest BCUT2D eigenvalue weighted by atomic mass is 16.2. The van der Waals surface area contributed by atoms with Gasteiger partial charge in [0.2, 0.25) is 5.91 Å². The lowest BCUT2D eigenvalue weighted by Crippen LogP contribution is -2.33. The fourth-order valence-electron chi connectivity index (χ4n) is 1.57. The Morgan fingerprint density at radius 2 is 1.83 bits per heavy atom. The molecule has 0 aliphatic carbocycles. The summed E-state index contributed by atoms with van der Waals surface area (Å²) in [6, 6.07) is 5.60. The number of anilines is 1. The van der Waals surface area contributed by atoms with E-state index in [1.165, 1.54) is 6.92 Å². The molecule has 0 aromatic heterocycles. The lowest BCUT2D eigenvalue weighted by Gasteiger charge is -2.10. The lowest BCUT2D eigenvalue weighted by molar-refractivity contribution is -0.118. The third kappa shape index (κ3) is 4.08. The largest absolute Gasteiger partial charge is 0.387 e. The summed E-state index contributed by atoms with van der Waals surface area (Å²) in [4.78, 5) is 22.6. The van der Waals surface area contributed by atoms with E-state index < -0.39 is 0 Å². The molecule has 98 valence electrons. The second-order valence-corrected chi connectivity index (χ2v) is 4.04. The van der Waals surface area contributed by atoms with E-state index in [0.29, 0.717) is 18.7 Å². The van der Waals surface area contributed by atoms with E-state index in [2.05, 4.69) is 16.0 Å². The van der Waals surface area contributed by atoms with Crippen LogP contribution in [0.2, 0.25) is 0 Å². The van der Waals surface area contributed by atoms with Crippen LogP contribution in [0.1, 0.15) is 22.8 Å². The normalized spacial score (nSPS) is 9.72. The number of aryl methyl sites for hydroxylation is 1. The summed E-state index contributed by atoms with van der Waals surface area (Å²) in [7, 11) is 1.78. The van der Waals surface area contributed by atoms with E-state index in [1.54, 1.807) is 13.1 Å². The third-order valence-electron chi connectivity index (χ3n) is 2.47. The van der Waals surface area contributed by atoms with Gasteiger partial charge in [-0.2, -0.15) is 0 Å². The van der Waals surface area contributed by atoms with Crippen LogP contribution in [0.3, 0.4) is 0 Å². The minimum Gasteiger partial charge on any atom is -0.387 e. The van der Waals surface area contributed by atoms with Crippen molar-refractivity contribution in [1.82, 2.24) is 10.6 Å². The predicted octanol–water partition coefficient (Wildman–Crippen LogP) is 0.903. The van der Waals surface area contributed by atoms with Gasteiger partial charge in [0.1, 0.15) is 0 Å². The van der Waals surface area contributed by atoms with E-state index in [0.717, 1.165) is 11.3 Å². The van der Waals surface area contributed by atoms with Gasteiger partial charge in [-0.3, -0.25) is 9.59 Å². The SMILES string of the molecule is CNc1cc(C)ccc1C(=O)NCCNC(C)=O. The first-order chi connectivity index (χ1) is 8.54. The number of amides is 2. The molecular formula is C13H19N3O2. The van der Waals surface area contributed by atoms with Crippen LogP contribution in [0.15, 0.2) is 18.2 Å². The molecule has 0 unspecified atom stereocenters. The summed E-state index contributed by atoms with van der Waals surface area (Å²) in [5.74, 6) is -0.250. The van der Waals surface area contributed by atoms with Gasteiger partial charge in [0, 0.05) is 32.7 Å². The maximum absolute atomic E-state index is 11.9. The van der Waals surface area contributed by atoms with E-state index in [1.807, 2.05) is 19.1 Å². The minimum atomic E-state index is -0.148. The number of carbonyl (C=O) groups is 2. The predicted molar refractivity (Wildman–Crippen MR) is 71.7 cm³/mol. The summed E-state index contributed by atoms with van der Waals surface area (Å²) >= 11 is 0. The van der Waals surface area contributed by atoms with Crippen molar-refractivity contribution in [3.63, 3.8) is 0 Å². The first kappa shape index (κ1) is 14.0. The molecule has 0 spiro atoms. The smallest absolute Gasteiger partial charge is 0.253 e. The van der Waals surface area contributed by atoms with Gasteiger partial charge in [0.05, 0.1) is 5.56 Å². The number of nitrogens with one attached hydrogen (secondary N) is 3. The standard InChI is InChI=1S/C13H19N3O2/c1-9-4-5-11(12(8-9)14-3)13(18)16-7-6-15-10(2)17/h4-5,8,14H,6-7H2,1-3H3,(H,15,17)(H,16,18). The molecule has 1 rings (SSSR count). The molecule has 0 aliphatic rings. The van der Waals surface area contributed by atoms with Crippen LogP contribution in [0.25, 0.3) is 0 Å². The highest BCUT2D eigenvalue weighted by molar-refractivity contribution is 5.99. The summed E-state index contributed by atoms with van der Waals surface area (Å²) in [6.45, 7) is 4.26. The van der Waals surface area contributed by atoms with Crippen molar-refractivity contribution >= 4 is 17.5 Å². The third-order valence-corrected chi connectivity index (χ3v) is 2.47. The highest BCUT2D eigenvalue weighted by Gasteiger charge is 2.09. The zero-order valence-electron chi connectivity index (χ0n) is 11.0. The van der Waals surface area contributed by atoms with Crippen molar-refractivity contribution < 1.29 is 9.59 Å². The van der Waals surface area contributed by atoms with E-state index >= 15 is 0 Å². The van der Waals surface area contributed by atoms with Crippen LogP contribution in [-0.4, -0.2) is 32.0 Å². The topological polar surface area (TPSA) is 70.2 Å². The van der Waals surface area contributed by atoms with E-state index in [9.17, 15) is 9.59 Å². The molecule has 0 atom stereocenters. The quantitative estimate of drug-likeness (QED) is 0.679. The highest BCUT2D eigenvalue weighted by Crippen LogP contribution is 2.16. The lowest BCUT2D eigenvalue weighted by atomic mass is 10.1. The van der Waals surface area contributed by atoms with Crippen molar-refractivity contribution in [3.8, 4) is 0 Å². The van der Waals surface area contributed by atoms with Gasteiger partial charge < -0.3 is 16.0 Å². The monoisotopic (exact) mass is 249 g/mol. The Bertz CT molecular complexity index is 444. The first-order valence-electron chi connectivity index (χ1n) is 5.85. The molecule has 3 N–H and O–H groups in total. The number of hydrogen-bond acceptors (Lipinski definition) is 3. The first-order valence-corrected chi connectivity index (χ1v) is 5.85. The summed E-state index contributed by atoms with van der Waals surface area (Å²) in [6.07, 6.45) is 0. The van der Waals surface area contributed by atoms with Crippen LogP contribution in [0, 0.1) is 6.92 Å². The number of benzene rings is 1. The number of carbonyl (C=O) groups excluding carboxylic acids is 2. The van der Waals surface area contributed by atoms with Crippen LogP contribution in [0.4, 0.5) is 5.69 Å². The van der Waals surface area contributed by atoms with Crippen molar-refractivity contribution in [3.05, 3.63) is 29.3 Å². The van der Waals surface area contributed by atoms with E-state index in [-0.39, 0.29) is 11.8 Å². The van der Waals surface area contributed by atoms with Crippen LogP contribution >= 0.6 is 0 Å². The molecule has 2 amide bonds. The fourth-order valence-corrected chi connectivity index (χ4v) is 1.57. The van der Waals surface area contributed by atoms with Gasteiger partial charge in [0.25, 0.3) is 5.91 Å². The second-order valence-electron chi connectivity index (χ2n) is 4.04. The molecule has 1 aromatic carbocycles. The van der Waals surface area contributed by atoms with Gasteiger partial charge in [0.15, 0.2) is 0 Å². The maximum atomic E-state index is 11.9. The van der Waals surface area contributed by atoms with Crippen LogP contribution in [0.5, 0.6) is 0 Å². The Morgan fingerprint density at radius 3 is 2.44 bits per heavy atom. The average Bonchev–Trinajstić information content (AvgIpc) is 2.33. The Morgan fingerprint density at radius 1 is 1.17 bits per heavy atom. The van der Waals surface area contributed by atoms with Gasteiger partial charge in [-0.15, -0.1) is 0 Å². The van der Waals surface area contributed by atoms with Gasteiger partial charge in [-0.25, -0.2) is 0 Å². The molecule has 0 saturated carbocycles. The summed E-state index contributed by atoms with van der Waals surface area (Å²) in [5, 5.41) is 8.37. The molecular weight excluding hydrogens is 230 g/mol. The van der Waals surface area contributed by atoms with Crippen molar-refractivity contribution in [2.24, 2.45) is 0 Å². The molecule has 0 aliphatic heterocycles. The zero-order valence-corrected chi connectivity index (χ0v) is 11.0.